The fraction of sp³-hybridized carbons (Fsp3) is 0.250. The van der Waals surface area contributed by atoms with Crippen molar-refractivity contribution >= 4 is 32.4 Å². The molecule has 39 heavy (non-hydrogen) atoms. The number of hydrogen-bond acceptors (Lipinski definition) is 8. The topological polar surface area (TPSA) is 145 Å². The maximum Gasteiger partial charge on any atom is 0.240 e. The Balaban J connectivity index is 1.55. The molecule has 2 aromatic heterocycles. The van der Waals surface area contributed by atoms with Crippen molar-refractivity contribution < 1.29 is 17.9 Å². The summed E-state index contributed by atoms with van der Waals surface area (Å²) in [7, 11) is -4.08. The zero-order chi connectivity index (χ0) is 27.7. The summed E-state index contributed by atoms with van der Waals surface area (Å²) in [6, 6.07) is 16.7. The number of aliphatic hydroxyl groups excluding tert-OH is 1. The number of primary sulfonamides is 1. The van der Waals surface area contributed by atoms with Gasteiger partial charge in [-0.2, -0.15) is 5.26 Å². The van der Waals surface area contributed by atoms with Gasteiger partial charge < -0.3 is 15.3 Å². The van der Waals surface area contributed by atoms with Crippen molar-refractivity contribution in [1.29, 1.82) is 5.26 Å². The smallest absolute Gasteiger partial charge is 0.240 e. The van der Waals surface area contributed by atoms with Crippen LogP contribution in [0.2, 0.25) is 0 Å². The quantitative estimate of drug-likeness (QED) is 0.306. The van der Waals surface area contributed by atoms with Gasteiger partial charge in [-0.3, -0.25) is 0 Å². The molecule has 1 saturated heterocycles. The minimum absolute atomic E-state index is 0.0339. The van der Waals surface area contributed by atoms with E-state index in [1.54, 1.807) is 37.4 Å². The Morgan fingerprint density at radius 2 is 2.03 bits per heavy atom. The van der Waals surface area contributed by atoms with Crippen LogP contribution in [0.25, 0.3) is 22.0 Å². The standard InChI is InChI=1S/C28H27FN6O3S/c1-17-11-22(28(29)34-23-6-2-3-7-26(23)39(31,37)38)21-13-20(25(14-30)33-24(21)12-17)18-8-9-27(32-15-18)35-10-4-5-19(36)16-35/h2-3,6-9,11-13,15,19,28,34,36H,4-5,10,16H2,1H3,(H2,31,37,38)/t19-,28+/m0/s1. The number of nitrogens with zero attached hydrogens (tertiary/aromatic N) is 4. The van der Waals surface area contributed by atoms with Gasteiger partial charge in [-0.25, -0.2) is 27.9 Å². The van der Waals surface area contributed by atoms with Crippen LogP contribution >= 0.6 is 0 Å². The third-order valence-electron chi connectivity index (χ3n) is 6.74. The van der Waals surface area contributed by atoms with E-state index in [0.717, 1.165) is 30.8 Å². The van der Waals surface area contributed by atoms with Crippen LogP contribution in [0.5, 0.6) is 0 Å². The maximum atomic E-state index is 15.8. The van der Waals surface area contributed by atoms with Gasteiger partial charge in [-0.05, 0) is 61.7 Å². The summed E-state index contributed by atoms with van der Waals surface area (Å²) in [5.74, 6) is 0.725. The van der Waals surface area contributed by atoms with Gasteiger partial charge in [0.2, 0.25) is 10.0 Å². The monoisotopic (exact) mass is 546 g/mol. The predicted molar refractivity (Wildman–Crippen MR) is 147 cm³/mol. The Bertz CT molecular complexity index is 1690. The average molecular weight is 547 g/mol. The molecule has 9 nitrogen and oxygen atoms in total. The largest absolute Gasteiger partial charge is 0.391 e. The maximum absolute atomic E-state index is 15.8. The van der Waals surface area contributed by atoms with Crippen LogP contribution < -0.4 is 15.4 Å². The van der Waals surface area contributed by atoms with Gasteiger partial charge in [0, 0.05) is 41.4 Å². The number of aliphatic hydroxyl groups is 1. The Labute approximate surface area is 225 Å². The molecule has 1 aliphatic heterocycles. The molecule has 0 amide bonds. The van der Waals surface area contributed by atoms with Gasteiger partial charge in [-0.1, -0.05) is 18.2 Å². The lowest BCUT2D eigenvalue weighted by Crippen LogP contribution is -2.38. The van der Waals surface area contributed by atoms with Crippen molar-refractivity contribution in [2.24, 2.45) is 5.14 Å². The second kappa shape index (κ2) is 10.6. The lowest BCUT2D eigenvalue weighted by atomic mass is 9.98. The number of aryl methyl sites for hydroxylation is 1. The summed E-state index contributed by atoms with van der Waals surface area (Å²) in [6.07, 6.45) is 1.09. The predicted octanol–water partition coefficient (Wildman–Crippen LogP) is 4.17. The number of halogens is 1. The molecule has 2 aromatic carbocycles. The number of hydrogen-bond donors (Lipinski definition) is 3. The Kier molecular flexibility index (Phi) is 7.18. The zero-order valence-electron chi connectivity index (χ0n) is 21.2. The first-order chi connectivity index (χ1) is 18.6. The second-order valence-corrected chi connectivity index (χ2v) is 11.1. The molecule has 0 unspecified atom stereocenters. The van der Waals surface area contributed by atoms with Crippen LogP contribution in [-0.2, 0) is 10.0 Å². The van der Waals surface area contributed by atoms with E-state index in [4.69, 9.17) is 5.14 Å². The number of benzene rings is 2. The summed E-state index contributed by atoms with van der Waals surface area (Å²) in [5, 5.41) is 28.3. The fourth-order valence-corrected chi connectivity index (χ4v) is 5.61. The van der Waals surface area contributed by atoms with E-state index in [-0.39, 0.29) is 21.8 Å². The highest BCUT2D eigenvalue weighted by molar-refractivity contribution is 7.89. The third-order valence-corrected chi connectivity index (χ3v) is 7.71. The molecule has 1 aliphatic rings. The number of pyridine rings is 2. The van der Waals surface area contributed by atoms with Crippen molar-refractivity contribution in [2.45, 2.75) is 37.1 Å². The Morgan fingerprint density at radius 1 is 1.23 bits per heavy atom. The van der Waals surface area contributed by atoms with Crippen LogP contribution in [0.1, 0.15) is 36.0 Å². The van der Waals surface area contributed by atoms with Gasteiger partial charge in [0.15, 0.2) is 6.30 Å². The molecular weight excluding hydrogens is 519 g/mol. The summed E-state index contributed by atoms with van der Waals surface area (Å²) < 4.78 is 39.8. The van der Waals surface area contributed by atoms with Crippen molar-refractivity contribution in [1.82, 2.24) is 9.97 Å². The molecule has 0 aliphatic carbocycles. The highest BCUT2D eigenvalue weighted by Gasteiger charge is 2.22. The molecule has 0 radical (unpaired) electrons. The summed E-state index contributed by atoms with van der Waals surface area (Å²) in [4.78, 5) is 10.9. The molecule has 5 rings (SSSR count). The molecular formula is C28H27FN6O3S. The van der Waals surface area contributed by atoms with Crippen molar-refractivity contribution in [3.05, 3.63) is 77.6 Å². The highest BCUT2D eigenvalue weighted by Crippen LogP contribution is 2.34. The minimum atomic E-state index is -4.08. The average Bonchev–Trinajstić information content (AvgIpc) is 2.91. The number of fused-ring (bicyclic) bond motifs is 1. The lowest BCUT2D eigenvalue weighted by molar-refractivity contribution is 0.154. The number of nitriles is 1. The van der Waals surface area contributed by atoms with E-state index in [0.29, 0.717) is 28.6 Å². The van der Waals surface area contributed by atoms with Crippen LogP contribution in [0.15, 0.2) is 65.7 Å². The molecule has 11 heteroatoms. The summed E-state index contributed by atoms with van der Waals surface area (Å²) >= 11 is 0. The van der Waals surface area contributed by atoms with Crippen molar-refractivity contribution in [3.63, 3.8) is 0 Å². The molecule has 3 heterocycles. The first kappa shape index (κ1) is 26.5. The first-order valence-electron chi connectivity index (χ1n) is 12.4. The van der Waals surface area contributed by atoms with Crippen LogP contribution in [-0.4, -0.2) is 42.7 Å². The van der Waals surface area contributed by atoms with Gasteiger partial charge in [0.05, 0.1) is 17.3 Å². The van der Waals surface area contributed by atoms with Crippen LogP contribution in [0.4, 0.5) is 15.9 Å². The number of anilines is 2. The second-order valence-electron chi connectivity index (χ2n) is 9.61. The van der Waals surface area contributed by atoms with E-state index >= 15 is 4.39 Å². The van der Waals surface area contributed by atoms with Crippen LogP contribution in [0.3, 0.4) is 0 Å². The van der Waals surface area contributed by atoms with E-state index in [1.807, 2.05) is 17.0 Å². The molecule has 1 fully saturated rings. The van der Waals surface area contributed by atoms with Gasteiger partial charge in [0.1, 0.15) is 22.5 Å². The number of β-amino-alcohol motifs (C(OH)–C–C–N with tert-alkyl or cyclic N) is 1. The number of para-hydroxylation sites is 1. The summed E-state index contributed by atoms with van der Waals surface area (Å²) in [5.41, 5.74) is 2.72. The summed E-state index contributed by atoms with van der Waals surface area (Å²) in [6.45, 7) is 3.10. The fourth-order valence-electron chi connectivity index (χ4n) is 4.91. The van der Waals surface area contributed by atoms with E-state index < -0.39 is 22.4 Å². The van der Waals surface area contributed by atoms with E-state index in [1.165, 1.54) is 18.2 Å². The molecule has 0 saturated carbocycles. The number of aromatic nitrogens is 2. The third kappa shape index (κ3) is 5.54. The molecule has 4 aromatic rings. The molecule has 200 valence electrons. The zero-order valence-corrected chi connectivity index (χ0v) is 22.0. The van der Waals surface area contributed by atoms with Gasteiger partial charge in [-0.15, -0.1) is 0 Å². The van der Waals surface area contributed by atoms with Crippen LogP contribution in [0, 0.1) is 18.3 Å². The number of sulfonamides is 1. The molecule has 0 spiro atoms. The lowest BCUT2D eigenvalue weighted by Gasteiger charge is -2.31. The molecule has 4 N–H and O–H groups in total. The van der Waals surface area contributed by atoms with Gasteiger partial charge >= 0.3 is 0 Å². The van der Waals surface area contributed by atoms with Crippen molar-refractivity contribution in [3.8, 4) is 17.2 Å². The molecule has 2 atom stereocenters. The Morgan fingerprint density at radius 3 is 2.72 bits per heavy atom. The van der Waals surface area contributed by atoms with Crippen molar-refractivity contribution in [2.75, 3.05) is 23.3 Å². The number of piperidine rings is 1. The number of nitrogens with two attached hydrogens (primary N) is 1. The molecule has 0 bridgehead atoms. The number of alkyl halides is 1. The normalized spacial score (nSPS) is 16.6. The number of nitrogens with one attached hydrogen (secondary N) is 1. The van der Waals surface area contributed by atoms with Gasteiger partial charge in [0.25, 0.3) is 0 Å². The SMILES string of the molecule is Cc1cc([C@H](F)Nc2ccccc2S(N)(=O)=O)c2cc(-c3ccc(N4CCC[C@H](O)C4)nc3)c(C#N)nc2c1. The first-order valence-corrected chi connectivity index (χ1v) is 14.0. The Hall–Kier alpha value is -4.11. The van der Waals surface area contributed by atoms with E-state index in [9.17, 15) is 18.8 Å². The minimum Gasteiger partial charge on any atom is -0.391 e. The van der Waals surface area contributed by atoms with E-state index in [2.05, 4.69) is 21.4 Å². The highest BCUT2D eigenvalue weighted by atomic mass is 32.2. The number of rotatable bonds is 6.